The topological polar surface area (TPSA) is 83.6 Å². The molecular formula is C24H24ClFN2O5. The van der Waals surface area contributed by atoms with Gasteiger partial charge < -0.3 is 18.6 Å². The molecule has 1 aromatic carbocycles. The molecule has 1 fully saturated rings. The third-order valence-electron chi connectivity index (χ3n) is 5.89. The number of carbonyl (C=O) groups is 2. The monoisotopic (exact) mass is 474 g/mol. The average molecular weight is 475 g/mol. The molecule has 7 nitrogen and oxygen atoms in total. The first-order valence-corrected chi connectivity index (χ1v) is 11.0. The summed E-state index contributed by atoms with van der Waals surface area (Å²) in [6.07, 6.45) is 2.16. The summed E-state index contributed by atoms with van der Waals surface area (Å²) in [5.41, 5.74) is 2.01. The van der Waals surface area contributed by atoms with E-state index >= 15 is 0 Å². The van der Waals surface area contributed by atoms with Gasteiger partial charge in [-0.15, -0.1) is 0 Å². The second-order valence-electron chi connectivity index (χ2n) is 8.09. The van der Waals surface area contributed by atoms with Gasteiger partial charge in [-0.25, -0.2) is 9.18 Å². The fourth-order valence-electron chi connectivity index (χ4n) is 4.14. The highest BCUT2D eigenvalue weighted by molar-refractivity contribution is 6.33. The summed E-state index contributed by atoms with van der Waals surface area (Å²) in [4.78, 5) is 25.7. The molecule has 0 saturated carbocycles. The molecule has 1 aliphatic rings. The van der Waals surface area contributed by atoms with E-state index in [9.17, 15) is 14.0 Å². The van der Waals surface area contributed by atoms with Crippen LogP contribution in [0.1, 0.15) is 50.7 Å². The van der Waals surface area contributed by atoms with E-state index in [0.29, 0.717) is 12.1 Å². The molecule has 0 N–H and O–H groups in total. The zero-order valence-electron chi connectivity index (χ0n) is 18.6. The van der Waals surface area contributed by atoms with Gasteiger partial charge in [-0.05, 0) is 51.8 Å². The Balaban J connectivity index is 1.50. The first-order chi connectivity index (χ1) is 15.8. The van der Waals surface area contributed by atoms with Gasteiger partial charge in [0.15, 0.2) is 6.61 Å². The fourth-order valence-corrected chi connectivity index (χ4v) is 4.40. The quantitative estimate of drug-likeness (QED) is 0.351. The van der Waals surface area contributed by atoms with Crippen molar-refractivity contribution in [2.24, 2.45) is 0 Å². The van der Waals surface area contributed by atoms with Crippen LogP contribution in [0.5, 0.6) is 0 Å². The van der Waals surface area contributed by atoms with Crippen molar-refractivity contribution in [3.8, 4) is 11.3 Å². The maximum absolute atomic E-state index is 14.4. The van der Waals surface area contributed by atoms with E-state index in [1.54, 1.807) is 6.07 Å². The Morgan fingerprint density at radius 1 is 1.30 bits per heavy atom. The van der Waals surface area contributed by atoms with Gasteiger partial charge in [-0.3, -0.25) is 4.79 Å². The summed E-state index contributed by atoms with van der Waals surface area (Å²) in [5, 5.41) is 3.87. The fraction of sp³-hybridized carbons (Fsp3) is 0.375. The normalized spacial score (nSPS) is 15.7. The highest BCUT2D eigenvalue weighted by atomic mass is 35.5. The summed E-state index contributed by atoms with van der Waals surface area (Å²) in [7, 11) is 0. The van der Waals surface area contributed by atoms with Crippen molar-refractivity contribution in [2.45, 2.75) is 46.3 Å². The van der Waals surface area contributed by atoms with Crippen LogP contribution in [0.4, 0.5) is 4.39 Å². The van der Waals surface area contributed by atoms with E-state index in [-0.39, 0.29) is 39.5 Å². The minimum Gasteiger partial charge on any atom is -0.454 e. The molecule has 0 bridgehead atoms. The maximum Gasteiger partial charge on any atom is 0.344 e. The molecule has 3 aromatic rings. The third-order valence-corrected chi connectivity index (χ3v) is 6.20. The smallest absolute Gasteiger partial charge is 0.344 e. The lowest BCUT2D eigenvalue weighted by atomic mass is 10.1. The number of hydrogen-bond acceptors (Lipinski definition) is 6. The Morgan fingerprint density at radius 3 is 2.79 bits per heavy atom. The van der Waals surface area contributed by atoms with Gasteiger partial charge in [0, 0.05) is 30.1 Å². The number of esters is 1. The highest BCUT2D eigenvalue weighted by Crippen LogP contribution is 2.33. The number of halogens is 2. The zero-order chi connectivity index (χ0) is 23.7. The molecule has 0 aliphatic carbocycles. The molecule has 9 heteroatoms. The van der Waals surface area contributed by atoms with Crippen molar-refractivity contribution in [3.63, 3.8) is 0 Å². The maximum atomic E-state index is 14.4. The van der Waals surface area contributed by atoms with Crippen LogP contribution in [0.15, 0.2) is 28.8 Å². The number of Topliss-reactive ketones (excluding diaryl/α,β-unsaturated/α-hetero) is 1. The molecule has 0 amide bonds. The Labute approximate surface area is 195 Å². The number of hydrogen-bond donors (Lipinski definition) is 0. The molecule has 1 saturated heterocycles. The molecule has 4 rings (SSSR count). The molecular weight excluding hydrogens is 451 g/mol. The number of ether oxygens (including phenoxy) is 2. The molecule has 3 heterocycles. The summed E-state index contributed by atoms with van der Waals surface area (Å²) in [6.45, 7) is 6.25. The second-order valence-corrected chi connectivity index (χ2v) is 8.50. The summed E-state index contributed by atoms with van der Waals surface area (Å²) >= 11 is 6.11. The van der Waals surface area contributed by atoms with Crippen LogP contribution in [0.3, 0.4) is 0 Å². The summed E-state index contributed by atoms with van der Waals surface area (Å²) < 4.78 is 32.5. The number of benzene rings is 1. The minimum absolute atomic E-state index is 0.0630. The van der Waals surface area contributed by atoms with Gasteiger partial charge in [-0.1, -0.05) is 22.8 Å². The van der Waals surface area contributed by atoms with Crippen LogP contribution in [0.25, 0.3) is 11.3 Å². The lowest BCUT2D eigenvalue weighted by Crippen LogP contribution is -2.18. The van der Waals surface area contributed by atoms with Crippen molar-refractivity contribution in [1.29, 1.82) is 0 Å². The molecule has 0 radical (unpaired) electrons. The zero-order valence-corrected chi connectivity index (χ0v) is 19.4. The number of nitrogens with zero attached hydrogens (tertiary/aromatic N) is 2. The number of carbonyl (C=O) groups excluding carboxylic acids is 2. The van der Waals surface area contributed by atoms with E-state index in [2.05, 4.69) is 5.16 Å². The predicted octanol–water partition coefficient (Wildman–Crippen LogP) is 5.08. The van der Waals surface area contributed by atoms with Gasteiger partial charge >= 0.3 is 5.97 Å². The first kappa shape index (κ1) is 23.2. The lowest BCUT2D eigenvalue weighted by molar-refractivity contribution is 0.0473. The molecule has 2 aromatic heterocycles. The Kier molecular flexibility index (Phi) is 6.67. The van der Waals surface area contributed by atoms with Crippen LogP contribution in [-0.2, 0) is 16.0 Å². The van der Waals surface area contributed by atoms with Gasteiger partial charge in [0.25, 0.3) is 0 Å². The minimum atomic E-state index is -0.843. The molecule has 174 valence electrons. The van der Waals surface area contributed by atoms with Gasteiger partial charge in [0.05, 0.1) is 16.7 Å². The Bertz CT molecular complexity index is 1190. The standard InChI is InChI=1S/C24H24ClFN2O5/c1-13-10-17(14(2)28(13)11-16-6-5-9-31-16)20(29)12-32-24(30)21-15(3)33-27-23(21)22-18(25)7-4-8-19(22)26/h4,7-8,10,16H,5-6,9,11-12H2,1-3H3/t16-/m1/s1. The van der Waals surface area contributed by atoms with Crippen molar-refractivity contribution in [3.05, 3.63) is 63.4 Å². The molecule has 0 unspecified atom stereocenters. The first-order valence-electron chi connectivity index (χ1n) is 10.7. The lowest BCUT2D eigenvalue weighted by Gasteiger charge is -2.14. The second kappa shape index (κ2) is 9.49. The van der Waals surface area contributed by atoms with Crippen molar-refractivity contribution >= 4 is 23.4 Å². The predicted molar refractivity (Wildman–Crippen MR) is 119 cm³/mol. The largest absolute Gasteiger partial charge is 0.454 e. The van der Waals surface area contributed by atoms with Gasteiger partial charge in [0.2, 0.25) is 5.78 Å². The molecule has 1 atom stereocenters. The van der Waals surface area contributed by atoms with Crippen molar-refractivity contribution < 1.29 is 28.0 Å². The number of aryl methyl sites for hydroxylation is 2. The van der Waals surface area contributed by atoms with E-state index in [0.717, 1.165) is 30.8 Å². The van der Waals surface area contributed by atoms with Gasteiger partial charge in [-0.2, -0.15) is 0 Å². The summed E-state index contributed by atoms with van der Waals surface area (Å²) in [5.74, 6) is -1.70. The van der Waals surface area contributed by atoms with Gasteiger partial charge in [0.1, 0.15) is 22.8 Å². The number of rotatable bonds is 7. The number of aromatic nitrogens is 2. The van der Waals surface area contributed by atoms with Crippen molar-refractivity contribution in [1.82, 2.24) is 9.72 Å². The van der Waals surface area contributed by atoms with E-state index in [4.69, 9.17) is 25.6 Å². The van der Waals surface area contributed by atoms with Crippen LogP contribution in [-0.4, -0.2) is 40.8 Å². The van der Waals surface area contributed by atoms with Crippen LogP contribution in [0.2, 0.25) is 5.02 Å². The SMILES string of the molecule is Cc1onc(-c2c(F)cccc2Cl)c1C(=O)OCC(=O)c1cc(C)n(C[C@H]2CCCO2)c1C. The van der Waals surface area contributed by atoms with Crippen molar-refractivity contribution in [2.75, 3.05) is 13.2 Å². The van der Waals surface area contributed by atoms with E-state index < -0.39 is 18.4 Å². The Hall–Kier alpha value is -2.97. The molecule has 1 aliphatic heterocycles. The van der Waals surface area contributed by atoms with Crippen LogP contribution >= 0.6 is 11.6 Å². The molecule has 33 heavy (non-hydrogen) atoms. The Morgan fingerprint density at radius 2 is 2.09 bits per heavy atom. The van der Waals surface area contributed by atoms with E-state index in [1.807, 2.05) is 18.4 Å². The van der Waals surface area contributed by atoms with Crippen LogP contribution < -0.4 is 0 Å². The van der Waals surface area contributed by atoms with Crippen LogP contribution in [0, 0.1) is 26.6 Å². The number of ketones is 1. The van der Waals surface area contributed by atoms with E-state index in [1.165, 1.54) is 25.1 Å². The average Bonchev–Trinajstić information content (AvgIpc) is 3.49. The third kappa shape index (κ3) is 4.58. The summed E-state index contributed by atoms with van der Waals surface area (Å²) in [6, 6.07) is 5.92. The highest BCUT2D eigenvalue weighted by Gasteiger charge is 2.28. The molecule has 0 spiro atoms.